The number of aromatic nitrogens is 2. The van der Waals surface area contributed by atoms with E-state index in [1.54, 1.807) is 0 Å². The average Bonchev–Trinajstić information content (AvgIpc) is 3.33. The molecule has 60 heavy (non-hydrogen) atoms. The van der Waals surface area contributed by atoms with Gasteiger partial charge < -0.3 is 8.46 Å². The molecular formula is C54H40N4Si2. The Labute approximate surface area is 352 Å². The number of rotatable bonds is 8. The summed E-state index contributed by atoms with van der Waals surface area (Å²) >= 11 is 0. The van der Waals surface area contributed by atoms with Gasteiger partial charge in [-0.2, -0.15) is 0 Å². The summed E-state index contributed by atoms with van der Waals surface area (Å²) in [7, 11) is -6.62. The fourth-order valence-electron chi connectivity index (χ4n) is 9.61. The molecule has 4 nitrogen and oxygen atoms in total. The molecule has 0 bridgehead atoms. The van der Waals surface area contributed by atoms with Gasteiger partial charge in [-0.3, -0.25) is 0 Å². The van der Waals surface area contributed by atoms with Crippen molar-refractivity contribution in [2.24, 2.45) is 0 Å². The molecule has 284 valence electrons. The molecule has 0 N–H and O–H groups in total. The highest BCUT2D eigenvalue weighted by Crippen LogP contribution is 2.46. The van der Waals surface area contributed by atoms with E-state index in [1.165, 1.54) is 43.0 Å². The molecule has 0 aliphatic carbocycles. The van der Waals surface area contributed by atoms with Crippen LogP contribution in [0.2, 0.25) is 0 Å². The standard InChI is InChI=1S/C54H40N4Si2/c1-7-22-41(23-8-1)47-35-21-37-52-49(47)38-39-53(55-52)57-59(43-26-11-3-12-27-43,44-28-13-4-14-29-44)58(60(57,45-30-15-5-16-31-45)46-32-17-6-18-33-46)54-40-50(42-24-9-2-10-25-42)48-34-19-20-36-51(48)56-54/h1-40H. The van der Waals surface area contributed by atoms with Gasteiger partial charge in [0.15, 0.2) is 0 Å². The van der Waals surface area contributed by atoms with E-state index in [1.807, 2.05) is 0 Å². The van der Waals surface area contributed by atoms with Gasteiger partial charge in [0, 0.05) is 10.8 Å². The molecule has 0 radical (unpaired) electrons. The smallest absolute Gasteiger partial charge is 0.320 e. The number of para-hydroxylation sites is 1. The summed E-state index contributed by atoms with van der Waals surface area (Å²) in [6.07, 6.45) is 0. The fraction of sp³-hybridized carbons (Fsp3) is 0. The van der Waals surface area contributed by atoms with Crippen LogP contribution >= 0.6 is 0 Å². The van der Waals surface area contributed by atoms with E-state index < -0.39 is 16.8 Å². The Balaban J connectivity index is 1.30. The van der Waals surface area contributed by atoms with Crippen LogP contribution in [0.15, 0.2) is 243 Å². The molecule has 11 rings (SSSR count). The van der Waals surface area contributed by atoms with Gasteiger partial charge in [0.1, 0.15) is 11.6 Å². The number of hydrogen-bond donors (Lipinski definition) is 0. The lowest BCUT2D eigenvalue weighted by Gasteiger charge is -2.71. The van der Waals surface area contributed by atoms with Crippen LogP contribution in [0, 0.1) is 0 Å². The molecule has 2 aromatic heterocycles. The van der Waals surface area contributed by atoms with E-state index in [0.29, 0.717) is 0 Å². The van der Waals surface area contributed by atoms with Gasteiger partial charge in [0.2, 0.25) is 0 Å². The van der Waals surface area contributed by atoms with E-state index in [4.69, 9.17) is 9.97 Å². The van der Waals surface area contributed by atoms with Gasteiger partial charge in [-0.25, -0.2) is 9.97 Å². The number of hydrogen-bond acceptors (Lipinski definition) is 4. The Bertz CT molecular complexity index is 2930. The Morgan fingerprint density at radius 3 is 1.15 bits per heavy atom. The van der Waals surface area contributed by atoms with E-state index in [-0.39, 0.29) is 0 Å². The van der Waals surface area contributed by atoms with Gasteiger partial charge >= 0.3 is 16.8 Å². The molecule has 0 saturated carbocycles. The van der Waals surface area contributed by atoms with Crippen molar-refractivity contribution in [3.05, 3.63) is 243 Å². The predicted octanol–water partition coefficient (Wildman–Crippen LogP) is 9.96. The minimum Gasteiger partial charge on any atom is -0.363 e. The lowest BCUT2D eigenvalue weighted by Crippen LogP contribution is -3.07. The van der Waals surface area contributed by atoms with E-state index >= 15 is 0 Å². The first-order valence-electron chi connectivity index (χ1n) is 20.5. The zero-order valence-electron chi connectivity index (χ0n) is 32.9. The molecule has 0 unspecified atom stereocenters. The highest BCUT2D eigenvalue weighted by molar-refractivity contribution is 7.38. The monoisotopic (exact) mass is 800 g/mol. The van der Waals surface area contributed by atoms with Crippen molar-refractivity contribution >= 4 is 71.0 Å². The zero-order chi connectivity index (χ0) is 39.9. The minimum absolute atomic E-state index is 0.965. The van der Waals surface area contributed by atoms with Gasteiger partial charge in [0.05, 0.1) is 11.0 Å². The van der Waals surface area contributed by atoms with Crippen molar-refractivity contribution < 1.29 is 0 Å². The number of anilines is 2. The predicted molar refractivity (Wildman–Crippen MR) is 255 cm³/mol. The first-order chi connectivity index (χ1) is 29.8. The second-order valence-electron chi connectivity index (χ2n) is 15.3. The summed E-state index contributed by atoms with van der Waals surface area (Å²) in [5, 5.41) is 7.33. The Morgan fingerprint density at radius 1 is 0.283 bits per heavy atom. The highest BCUT2D eigenvalue weighted by atomic mass is 28.5. The van der Waals surface area contributed by atoms with Crippen LogP contribution in [0.5, 0.6) is 0 Å². The average molecular weight is 801 g/mol. The van der Waals surface area contributed by atoms with Crippen LogP contribution in [0.25, 0.3) is 44.1 Å². The van der Waals surface area contributed by atoms with Crippen LogP contribution in [0.3, 0.4) is 0 Å². The maximum absolute atomic E-state index is 5.77. The first kappa shape index (κ1) is 35.8. The summed E-state index contributed by atoms with van der Waals surface area (Å²) in [5.41, 5.74) is 6.63. The van der Waals surface area contributed by atoms with Crippen molar-refractivity contribution in [3.63, 3.8) is 0 Å². The van der Waals surface area contributed by atoms with Crippen molar-refractivity contribution in [2.45, 2.75) is 0 Å². The normalized spacial score (nSPS) is 14.2. The third-order valence-electron chi connectivity index (χ3n) is 12.0. The van der Waals surface area contributed by atoms with Crippen molar-refractivity contribution in [1.29, 1.82) is 0 Å². The van der Waals surface area contributed by atoms with Crippen LogP contribution in [0.1, 0.15) is 0 Å². The minimum atomic E-state index is -3.31. The summed E-state index contributed by atoms with van der Waals surface area (Å²) in [5.74, 6) is 1.93. The summed E-state index contributed by atoms with van der Waals surface area (Å²) in [6, 6.07) is 88.3. The largest absolute Gasteiger partial charge is 0.363 e. The molecule has 3 heterocycles. The maximum atomic E-state index is 5.77. The van der Waals surface area contributed by atoms with Crippen LogP contribution < -0.4 is 29.2 Å². The Kier molecular flexibility index (Phi) is 8.80. The number of fused-ring (bicyclic) bond motifs is 2. The Hall–Kier alpha value is -7.39. The van der Waals surface area contributed by atoms with Gasteiger partial charge in [0.25, 0.3) is 0 Å². The van der Waals surface area contributed by atoms with Crippen molar-refractivity contribution in [3.8, 4) is 22.3 Å². The van der Waals surface area contributed by atoms with Crippen LogP contribution in [0.4, 0.5) is 11.6 Å². The molecule has 6 heteroatoms. The quantitative estimate of drug-likeness (QED) is 0.143. The molecular weight excluding hydrogens is 761 g/mol. The fourth-order valence-corrected chi connectivity index (χ4v) is 24.6. The van der Waals surface area contributed by atoms with Crippen LogP contribution in [-0.4, -0.2) is 26.8 Å². The number of benzene rings is 8. The summed E-state index contributed by atoms with van der Waals surface area (Å²) in [4.78, 5) is 11.5. The Morgan fingerprint density at radius 2 is 0.650 bits per heavy atom. The molecule has 10 aromatic rings. The molecule has 1 aliphatic rings. The highest BCUT2D eigenvalue weighted by Gasteiger charge is 2.76. The second kappa shape index (κ2) is 14.8. The van der Waals surface area contributed by atoms with Crippen LogP contribution in [-0.2, 0) is 0 Å². The molecule has 1 fully saturated rings. The second-order valence-corrected chi connectivity index (χ2v) is 23.0. The summed E-state index contributed by atoms with van der Waals surface area (Å²) < 4.78 is 5.68. The van der Waals surface area contributed by atoms with E-state index in [0.717, 1.165) is 33.4 Å². The SMILES string of the molecule is c1ccc(-c2cccc3nc(N4[Si](c5ccccc5)(c5ccccc5)N(c5cc(-c6ccccc6)c6ccccc6n5)[Si]4(c4ccccc4)c4ccccc4)ccc23)cc1. The molecule has 1 saturated heterocycles. The molecule has 1 aliphatic heterocycles. The number of pyridine rings is 2. The molecule has 8 aromatic carbocycles. The van der Waals surface area contributed by atoms with Gasteiger partial charge in [-0.05, 0) is 73.3 Å². The lowest BCUT2D eigenvalue weighted by molar-refractivity contribution is 1.15. The maximum Gasteiger partial charge on any atom is 0.320 e. The molecule has 0 atom stereocenters. The molecule has 0 amide bonds. The zero-order valence-corrected chi connectivity index (χ0v) is 34.9. The number of nitrogens with zero attached hydrogens (tertiary/aromatic N) is 4. The van der Waals surface area contributed by atoms with E-state index in [9.17, 15) is 0 Å². The lowest BCUT2D eigenvalue weighted by atomic mass is 10.0. The first-order valence-corrected chi connectivity index (χ1v) is 24.3. The third-order valence-corrected chi connectivity index (χ3v) is 24.0. The van der Waals surface area contributed by atoms with Crippen molar-refractivity contribution in [2.75, 3.05) is 8.46 Å². The van der Waals surface area contributed by atoms with Gasteiger partial charge in [-0.1, -0.05) is 212 Å². The van der Waals surface area contributed by atoms with Crippen molar-refractivity contribution in [1.82, 2.24) is 9.97 Å². The van der Waals surface area contributed by atoms with Gasteiger partial charge in [-0.15, -0.1) is 0 Å². The van der Waals surface area contributed by atoms with E-state index in [2.05, 4.69) is 251 Å². The third kappa shape index (κ3) is 5.49. The summed E-state index contributed by atoms with van der Waals surface area (Å²) in [6.45, 7) is 0. The topological polar surface area (TPSA) is 32.3 Å². The molecule has 0 spiro atoms.